The fourth-order valence-electron chi connectivity index (χ4n) is 2.32. The topological polar surface area (TPSA) is 84.9 Å². The average Bonchev–Trinajstić information content (AvgIpc) is 2.65. The molecule has 0 saturated carbocycles. The van der Waals surface area contributed by atoms with Crippen molar-refractivity contribution in [2.75, 3.05) is 66.5 Å². The molecule has 0 radical (unpaired) electrons. The van der Waals surface area contributed by atoms with E-state index in [0.29, 0.717) is 65.3 Å². The van der Waals surface area contributed by atoms with Crippen molar-refractivity contribution in [1.29, 1.82) is 0 Å². The van der Waals surface area contributed by atoms with Crippen molar-refractivity contribution in [3.8, 4) is 0 Å². The molecule has 0 bridgehead atoms. The smallest absolute Gasteiger partial charge is 0.445 e. The third-order valence-electron chi connectivity index (χ3n) is 3.39. The summed E-state index contributed by atoms with van der Waals surface area (Å²) in [6.07, 6.45) is 0.0578. The molecule has 0 atom stereocenters. The Kier molecular flexibility index (Phi) is 16.9. The number of hydrogen-bond donors (Lipinski definition) is 0. The molecule has 0 spiro atoms. The number of rotatable bonds is 18. The number of ether oxygens (including phenoxy) is 3. The van der Waals surface area contributed by atoms with E-state index in [0.717, 1.165) is 0 Å². The molecular formula is C17H37NO8Si. The second-order valence-corrected chi connectivity index (χ2v) is 8.03. The first-order valence-corrected chi connectivity index (χ1v) is 11.6. The van der Waals surface area contributed by atoms with Gasteiger partial charge >= 0.3 is 14.9 Å². The van der Waals surface area contributed by atoms with Gasteiger partial charge < -0.3 is 27.5 Å². The molecule has 1 amide bonds. The average molecular weight is 412 g/mol. The number of hydroxylamine groups is 2. The zero-order chi connectivity index (χ0) is 20.4. The first-order chi connectivity index (χ1) is 13.1. The summed E-state index contributed by atoms with van der Waals surface area (Å²) in [5.74, 6) is 0. The zero-order valence-corrected chi connectivity index (χ0v) is 18.5. The van der Waals surface area contributed by atoms with Crippen molar-refractivity contribution in [2.24, 2.45) is 0 Å². The summed E-state index contributed by atoms with van der Waals surface area (Å²) < 4.78 is 33.0. The minimum absolute atomic E-state index is 0.153. The van der Waals surface area contributed by atoms with Gasteiger partial charge in [-0.2, -0.15) is 5.06 Å². The normalized spacial score (nSPS) is 11.6. The Labute approximate surface area is 164 Å². The van der Waals surface area contributed by atoms with Crippen molar-refractivity contribution in [3.05, 3.63) is 0 Å². The van der Waals surface area contributed by atoms with Crippen molar-refractivity contribution in [2.45, 2.75) is 40.2 Å². The zero-order valence-electron chi connectivity index (χ0n) is 17.5. The predicted octanol–water partition coefficient (Wildman–Crippen LogP) is 2.48. The fraction of sp³-hybridized carbons (Fsp3) is 0.941. The SMILES string of the molecule is CCOCCOCCOC(=O)N(CCC[Si](OCC)(OCC)OCC)OC. The largest absolute Gasteiger partial charge is 0.500 e. The van der Waals surface area contributed by atoms with Crippen LogP contribution >= 0.6 is 0 Å². The Morgan fingerprint density at radius 1 is 0.815 bits per heavy atom. The Morgan fingerprint density at radius 2 is 1.37 bits per heavy atom. The summed E-state index contributed by atoms with van der Waals surface area (Å²) in [5, 5.41) is 1.17. The second kappa shape index (κ2) is 17.4. The van der Waals surface area contributed by atoms with Gasteiger partial charge in [0, 0.05) is 32.5 Å². The summed E-state index contributed by atoms with van der Waals surface area (Å²) in [5.41, 5.74) is 0. The molecule has 162 valence electrons. The molecule has 0 heterocycles. The van der Waals surface area contributed by atoms with Crippen LogP contribution in [0.2, 0.25) is 6.04 Å². The van der Waals surface area contributed by atoms with Gasteiger partial charge in [0.05, 0.1) is 33.5 Å². The molecule has 0 aliphatic rings. The molecule has 9 nitrogen and oxygen atoms in total. The maximum atomic E-state index is 12.1. The standard InChI is InChI=1S/C17H37NO8Si/c1-6-21-12-13-22-14-15-23-17(19)18(20-5)11-10-16-27(24-7-2,25-8-3)26-9-4/h6-16H2,1-5H3. The summed E-state index contributed by atoms with van der Waals surface area (Å²) in [6.45, 7) is 11.7. The van der Waals surface area contributed by atoms with Gasteiger partial charge in [-0.05, 0) is 34.1 Å². The van der Waals surface area contributed by atoms with Crippen LogP contribution in [0, 0.1) is 0 Å². The minimum atomic E-state index is -2.72. The van der Waals surface area contributed by atoms with E-state index < -0.39 is 14.9 Å². The van der Waals surface area contributed by atoms with Gasteiger partial charge in [-0.15, -0.1) is 0 Å². The lowest BCUT2D eigenvalue weighted by Gasteiger charge is -2.29. The van der Waals surface area contributed by atoms with E-state index in [4.69, 9.17) is 32.3 Å². The first-order valence-electron chi connectivity index (χ1n) is 9.64. The third kappa shape index (κ3) is 12.3. The number of nitrogens with zero attached hydrogens (tertiary/aromatic N) is 1. The van der Waals surface area contributed by atoms with Crippen LogP contribution in [0.1, 0.15) is 34.1 Å². The summed E-state index contributed by atoms with van der Waals surface area (Å²) >= 11 is 0. The monoisotopic (exact) mass is 411 g/mol. The Morgan fingerprint density at radius 3 is 1.89 bits per heavy atom. The molecule has 0 saturated heterocycles. The van der Waals surface area contributed by atoms with Crippen molar-refractivity contribution in [3.63, 3.8) is 0 Å². The van der Waals surface area contributed by atoms with Crippen LogP contribution < -0.4 is 0 Å². The molecule has 0 rings (SSSR count). The second-order valence-electron chi connectivity index (χ2n) is 5.29. The highest BCUT2D eigenvalue weighted by molar-refractivity contribution is 6.60. The van der Waals surface area contributed by atoms with Gasteiger partial charge in [0.25, 0.3) is 0 Å². The molecule has 0 unspecified atom stereocenters. The first kappa shape index (κ1) is 26.2. The highest BCUT2D eigenvalue weighted by atomic mass is 28.4. The van der Waals surface area contributed by atoms with Gasteiger partial charge in [-0.1, -0.05) is 0 Å². The number of carbonyl (C=O) groups is 1. The van der Waals surface area contributed by atoms with Crippen LogP contribution in [0.15, 0.2) is 0 Å². The van der Waals surface area contributed by atoms with Gasteiger partial charge in [-0.3, -0.25) is 4.84 Å². The van der Waals surface area contributed by atoms with Crippen molar-refractivity contribution < 1.29 is 37.1 Å². The van der Waals surface area contributed by atoms with Crippen LogP contribution in [-0.2, 0) is 32.3 Å². The Hall–Kier alpha value is -0.753. The van der Waals surface area contributed by atoms with E-state index in [9.17, 15) is 4.79 Å². The van der Waals surface area contributed by atoms with Gasteiger partial charge in [0.2, 0.25) is 0 Å². The minimum Gasteiger partial charge on any atom is -0.445 e. The Bertz CT molecular complexity index is 345. The van der Waals surface area contributed by atoms with Crippen LogP contribution in [-0.4, -0.2) is 86.5 Å². The molecule has 0 aromatic rings. The third-order valence-corrected chi connectivity index (χ3v) is 6.54. The molecule has 0 aromatic carbocycles. The predicted molar refractivity (Wildman–Crippen MR) is 102 cm³/mol. The van der Waals surface area contributed by atoms with Crippen LogP contribution in [0.25, 0.3) is 0 Å². The molecule has 27 heavy (non-hydrogen) atoms. The van der Waals surface area contributed by atoms with E-state index >= 15 is 0 Å². The van der Waals surface area contributed by atoms with E-state index in [1.807, 2.05) is 27.7 Å². The molecule has 0 aromatic heterocycles. The Balaban J connectivity index is 4.23. The highest BCUT2D eigenvalue weighted by Gasteiger charge is 2.40. The van der Waals surface area contributed by atoms with Crippen molar-refractivity contribution in [1.82, 2.24) is 5.06 Å². The van der Waals surface area contributed by atoms with Crippen LogP contribution in [0.4, 0.5) is 4.79 Å². The number of hydrogen-bond acceptors (Lipinski definition) is 8. The quantitative estimate of drug-likeness (QED) is 0.193. The van der Waals surface area contributed by atoms with E-state index in [2.05, 4.69) is 0 Å². The molecular weight excluding hydrogens is 374 g/mol. The maximum absolute atomic E-state index is 12.1. The maximum Gasteiger partial charge on any atom is 0.500 e. The lowest BCUT2D eigenvalue weighted by atomic mass is 10.5. The summed E-state index contributed by atoms with van der Waals surface area (Å²) in [6, 6.07) is 0.593. The summed E-state index contributed by atoms with van der Waals surface area (Å²) in [4.78, 5) is 17.2. The van der Waals surface area contributed by atoms with Gasteiger partial charge in [0.1, 0.15) is 6.61 Å². The highest BCUT2D eigenvalue weighted by Crippen LogP contribution is 2.18. The molecule has 0 aliphatic heterocycles. The van der Waals surface area contributed by atoms with Crippen LogP contribution in [0.5, 0.6) is 0 Å². The summed E-state index contributed by atoms with van der Waals surface area (Å²) in [7, 11) is -1.29. The van der Waals surface area contributed by atoms with Gasteiger partial charge in [0.15, 0.2) is 0 Å². The molecule has 0 fully saturated rings. The van der Waals surface area contributed by atoms with Crippen LogP contribution in [0.3, 0.4) is 0 Å². The van der Waals surface area contributed by atoms with Gasteiger partial charge in [-0.25, -0.2) is 4.79 Å². The molecule has 10 heteroatoms. The van der Waals surface area contributed by atoms with E-state index in [-0.39, 0.29) is 6.61 Å². The molecule has 0 N–H and O–H groups in total. The molecule has 0 aliphatic carbocycles. The van der Waals surface area contributed by atoms with E-state index in [1.165, 1.54) is 12.2 Å². The fourth-order valence-corrected chi connectivity index (χ4v) is 4.92. The lowest BCUT2D eigenvalue weighted by molar-refractivity contribution is -0.112. The van der Waals surface area contributed by atoms with Crippen molar-refractivity contribution >= 4 is 14.9 Å². The number of amides is 1. The number of carbonyl (C=O) groups excluding carboxylic acids is 1. The van der Waals surface area contributed by atoms with E-state index in [1.54, 1.807) is 0 Å². The lowest BCUT2D eigenvalue weighted by Crippen LogP contribution is -2.46.